The Kier molecular flexibility index (Phi) is 2.70. The standard InChI is InChI=1S/C9H10N2O2S2/c12-15(13)9-4-2-1-3-8(9)11(5-6-14)7-10-15/h1-4,7,14H,5-6H2. The van der Waals surface area contributed by atoms with Crippen molar-refractivity contribution in [2.24, 2.45) is 4.40 Å². The molecule has 1 aromatic rings. The van der Waals surface area contributed by atoms with Crippen LogP contribution in [0.25, 0.3) is 0 Å². The van der Waals surface area contributed by atoms with E-state index in [0.29, 0.717) is 18.0 Å². The van der Waals surface area contributed by atoms with Gasteiger partial charge in [-0.05, 0) is 12.1 Å². The maximum atomic E-state index is 11.6. The molecule has 1 aliphatic rings. The number of nitrogens with zero attached hydrogens (tertiary/aromatic N) is 2. The summed E-state index contributed by atoms with van der Waals surface area (Å²) >= 11 is 4.11. The molecule has 0 aromatic heterocycles. The lowest BCUT2D eigenvalue weighted by Gasteiger charge is -2.24. The summed E-state index contributed by atoms with van der Waals surface area (Å²) in [7, 11) is -3.49. The quantitative estimate of drug-likeness (QED) is 0.792. The molecule has 0 fully saturated rings. The minimum atomic E-state index is -3.49. The predicted molar refractivity (Wildman–Crippen MR) is 63.3 cm³/mol. The zero-order valence-electron chi connectivity index (χ0n) is 7.87. The molecule has 0 saturated heterocycles. The second-order valence-corrected chi connectivity index (χ2v) is 5.13. The summed E-state index contributed by atoms with van der Waals surface area (Å²) in [5.41, 5.74) is 0.668. The summed E-state index contributed by atoms with van der Waals surface area (Å²) in [5, 5.41) is 0. The molecule has 0 radical (unpaired) electrons. The summed E-state index contributed by atoms with van der Waals surface area (Å²) in [6.07, 6.45) is 1.34. The molecule has 0 amide bonds. The first kappa shape index (κ1) is 10.5. The molecule has 0 atom stereocenters. The van der Waals surface area contributed by atoms with E-state index in [4.69, 9.17) is 0 Å². The van der Waals surface area contributed by atoms with E-state index in [1.165, 1.54) is 6.34 Å². The molecule has 0 spiro atoms. The summed E-state index contributed by atoms with van der Waals surface area (Å²) in [4.78, 5) is 2.04. The van der Waals surface area contributed by atoms with Crippen LogP contribution in [0.5, 0.6) is 0 Å². The fourth-order valence-electron chi connectivity index (χ4n) is 1.44. The van der Waals surface area contributed by atoms with Crippen molar-refractivity contribution in [3.05, 3.63) is 24.3 Å². The summed E-state index contributed by atoms with van der Waals surface area (Å²) < 4.78 is 26.7. The molecule has 0 N–H and O–H groups in total. The number of hydrogen-bond donors (Lipinski definition) is 1. The first-order valence-corrected chi connectivity index (χ1v) is 6.49. The Morgan fingerprint density at radius 1 is 1.33 bits per heavy atom. The van der Waals surface area contributed by atoms with Gasteiger partial charge in [0.2, 0.25) is 0 Å². The van der Waals surface area contributed by atoms with E-state index in [9.17, 15) is 8.42 Å². The van der Waals surface area contributed by atoms with E-state index in [2.05, 4.69) is 17.0 Å². The summed E-state index contributed by atoms with van der Waals surface area (Å²) in [6, 6.07) is 6.82. The zero-order chi connectivity index (χ0) is 10.9. The monoisotopic (exact) mass is 242 g/mol. The molecule has 0 saturated carbocycles. The molecular weight excluding hydrogens is 232 g/mol. The third-order valence-electron chi connectivity index (χ3n) is 2.12. The number of fused-ring (bicyclic) bond motifs is 1. The Morgan fingerprint density at radius 2 is 2.07 bits per heavy atom. The van der Waals surface area contributed by atoms with Crippen LogP contribution in [0, 0.1) is 0 Å². The Balaban J connectivity index is 2.55. The van der Waals surface area contributed by atoms with Gasteiger partial charge < -0.3 is 4.90 Å². The number of sulfonamides is 1. The Hall–Kier alpha value is -1.01. The van der Waals surface area contributed by atoms with Gasteiger partial charge in [0, 0.05) is 12.3 Å². The highest BCUT2D eigenvalue weighted by Crippen LogP contribution is 2.28. The van der Waals surface area contributed by atoms with Crippen molar-refractivity contribution in [3.8, 4) is 0 Å². The van der Waals surface area contributed by atoms with Crippen LogP contribution in [0.4, 0.5) is 5.69 Å². The van der Waals surface area contributed by atoms with Gasteiger partial charge in [-0.25, -0.2) is 0 Å². The van der Waals surface area contributed by atoms with Crippen molar-refractivity contribution in [3.63, 3.8) is 0 Å². The SMILES string of the molecule is O=S1(=O)N=CN(CCS)c2ccccc21. The number of rotatable bonds is 2. The fourth-order valence-corrected chi connectivity index (χ4v) is 2.70. The van der Waals surface area contributed by atoms with E-state index in [1.54, 1.807) is 29.2 Å². The highest BCUT2D eigenvalue weighted by Gasteiger charge is 2.23. The molecule has 0 unspecified atom stereocenters. The van der Waals surface area contributed by atoms with Gasteiger partial charge in [0.15, 0.2) is 0 Å². The summed E-state index contributed by atoms with van der Waals surface area (Å²) in [6.45, 7) is 0.638. The van der Waals surface area contributed by atoms with Gasteiger partial charge in [0.1, 0.15) is 11.2 Å². The van der Waals surface area contributed by atoms with Crippen molar-refractivity contribution < 1.29 is 8.42 Å². The predicted octanol–water partition coefficient (Wildman–Crippen LogP) is 1.15. The maximum absolute atomic E-state index is 11.6. The van der Waals surface area contributed by atoms with Crippen LogP contribution in [-0.2, 0) is 10.0 Å². The zero-order valence-corrected chi connectivity index (χ0v) is 9.58. The minimum Gasteiger partial charge on any atom is -0.330 e. The largest absolute Gasteiger partial charge is 0.330 e. The first-order chi connectivity index (χ1) is 7.15. The van der Waals surface area contributed by atoms with Gasteiger partial charge in [-0.2, -0.15) is 21.0 Å². The molecule has 1 aromatic carbocycles. The number of benzene rings is 1. The topological polar surface area (TPSA) is 49.7 Å². The van der Waals surface area contributed by atoms with E-state index in [0.717, 1.165) is 0 Å². The van der Waals surface area contributed by atoms with Gasteiger partial charge in [0.25, 0.3) is 10.0 Å². The molecule has 1 heterocycles. The Bertz CT molecular complexity index is 497. The van der Waals surface area contributed by atoms with Crippen LogP contribution >= 0.6 is 12.6 Å². The minimum absolute atomic E-state index is 0.259. The average molecular weight is 242 g/mol. The van der Waals surface area contributed by atoms with Crippen molar-refractivity contribution in [2.75, 3.05) is 17.2 Å². The third kappa shape index (κ3) is 1.87. The fraction of sp³-hybridized carbons (Fsp3) is 0.222. The number of anilines is 1. The van der Waals surface area contributed by atoms with Crippen LogP contribution in [0.3, 0.4) is 0 Å². The van der Waals surface area contributed by atoms with Crippen LogP contribution in [-0.4, -0.2) is 27.1 Å². The van der Waals surface area contributed by atoms with Crippen LogP contribution in [0.1, 0.15) is 0 Å². The van der Waals surface area contributed by atoms with E-state index >= 15 is 0 Å². The summed E-state index contributed by atoms with van der Waals surface area (Å²) in [5.74, 6) is 0.639. The van der Waals surface area contributed by atoms with Crippen LogP contribution in [0.15, 0.2) is 33.6 Å². The highest BCUT2D eigenvalue weighted by molar-refractivity contribution is 7.90. The van der Waals surface area contributed by atoms with Crippen molar-refractivity contribution in [1.29, 1.82) is 0 Å². The second kappa shape index (κ2) is 3.86. The first-order valence-electron chi connectivity index (χ1n) is 4.42. The van der Waals surface area contributed by atoms with Gasteiger partial charge in [0.05, 0.1) is 5.69 Å². The Labute approximate surface area is 94.1 Å². The second-order valence-electron chi connectivity index (χ2n) is 3.08. The van der Waals surface area contributed by atoms with Gasteiger partial charge in [-0.1, -0.05) is 12.1 Å². The van der Waals surface area contributed by atoms with Crippen molar-refractivity contribution >= 4 is 34.7 Å². The molecule has 2 rings (SSSR count). The molecule has 1 aliphatic heterocycles. The van der Waals surface area contributed by atoms with E-state index in [1.807, 2.05) is 0 Å². The maximum Gasteiger partial charge on any atom is 0.285 e. The van der Waals surface area contributed by atoms with Gasteiger partial charge in [-0.3, -0.25) is 0 Å². The normalized spacial score (nSPS) is 17.5. The van der Waals surface area contributed by atoms with Gasteiger partial charge in [-0.15, -0.1) is 4.40 Å². The lowest BCUT2D eigenvalue weighted by molar-refractivity contribution is 0.597. The number of para-hydroxylation sites is 1. The van der Waals surface area contributed by atoms with E-state index < -0.39 is 10.0 Å². The molecule has 0 bridgehead atoms. The molecule has 15 heavy (non-hydrogen) atoms. The molecule has 6 heteroatoms. The molecular formula is C9H10N2O2S2. The molecule has 80 valence electrons. The molecule has 4 nitrogen and oxygen atoms in total. The number of hydrogen-bond acceptors (Lipinski definition) is 4. The molecule has 0 aliphatic carbocycles. The van der Waals surface area contributed by atoms with Crippen molar-refractivity contribution in [1.82, 2.24) is 0 Å². The lowest BCUT2D eigenvalue weighted by atomic mass is 10.3. The smallest absolute Gasteiger partial charge is 0.285 e. The number of thiol groups is 1. The van der Waals surface area contributed by atoms with Gasteiger partial charge >= 0.3 is 0 Å². The van der Waals surface area contributed by atoms with Crippen LogP contribution < -0.4 is 4.90 Å². The lowest BCUT2D eigenvalue weighted by Crippen LogP contribution is -2.28. The van der Waals surface area contributed by atoms with Crippen molar-refractivity contribution in [2.45, 2.75) is 4.90 Å². The third-order valence-corrected chi connectivity index (χ3v) is 3.59. The van der Waals surface area contributed by atoms with E-state index in [-0.39, 0.29) is 4.90 Å². The highest BCUT2D eigenvalue weighted by atomic mass is 32.2. The van der Waals surface area contributed by atoms with Crippen LogP contribution in [0.2, 0.25) is 0 Å². The average Bonchev–Trinajstić information content (AvgIpc) is 2.23. The Morgan fingerprint density at radius 3 is 2.80 bits per heavy atom.